The molecule has 4 aromatic rings. The van der Waals surface area contributed by atoms with Gasteiger partial charge in [0.25, 0.3) is 0 Å². The highest BCUT2D eigenvalue weighted by molar-refractivity contribution is 7.98. The van der Waals surface area contributed by atoms with Crippen LogP contribution in [0, 0.1) is 0 Å². The molecule has 8 nitrogen and oxygen atoms in total. The van der Waals surface area contributed by atoms with Gasteiger partial charge in [0.2, 0.25) is 5.95 Å². The van der Waals surface area contributed by atoms with Gasteiger partial charge < -0.3 is 20.1 Å². The third-order valence-electron chi connectivity index (χ3n) is 5.62. The Morgan fingerprint density at radius 3 is 2.43 bits per heavy atom. The van der Waals surface area contributed by atoms with Crippen LogP contribution >= 0.6 is 0 Å². The van der Waals surface area contributed by atoms with Crippen molar-refractivity contribution in [1.82, 2.24) is 9.97 Å². The van der Waals surface area contributed by atoms with E-state index in [1.54, 1.807) is 31.5 Å². The monoisotopic (exact) mass is 517 g/mol. The highest BCUT2D eigenvalue weighted by Gasteiger charge is 2.11. The van der Waals surface area contributed by atoms with Crippen LogP contribution in [0.3, 0.4) is 0 Å². The lowest BCUT2D eigenvalue weighted by Gasteiger charge is -2.14. The molecule has 9 heteroatoms. The molecule has 4 rings (SSSR count). The summed E-state index contributed by atoms with van der Waals surface area (Å²) < 4.78 is 23.0. The number of benzene rings is 3. The predicted molar refractivity (Wildman–Crippen MR) is 151 cm³/mol. The van der Waals surface area contributed by atoms with Crippen LogP contribution < -0.4 is 25.2 Å². The minimum atomic E-state index is -2.83. The van der Waals surface area contributed by atoms with Crippen molar-refractivity contribution in [2.24, 2.45) is 5.14 Å². The zero-order valence-corrected chi connectivity index (χ0v) is 21.8. The Balaban J connectivity index is 1.59. The number of anilines is 3. The summed E-state index contributed by atoms with van der Waals surface area (Å²) in [7, 11) is -1.17. The molecule has 0 bridgehead atoms. The van der Waals surface area contributed by atoms with Crippen molar-refractivity contribution >= 4 is 33.0 Å². The Hall–Kier alpha value is -4.08. The van der Waals surface area contributed by atoms with Crippen molar-refractivity contribution in [3.05, 3.63) is 84.6 Å². The number of nitrogens with one attached hydrogen (secondary N) is 2. The van der Waals surface area contributed by atoms with Crippen molar-refractivity contribution in [1.29, 1.82) is 0 Å². The Morgan fingerprint density at radius 1 is 1.03 bits per heavy atom. The molecular formula is C28H31N5O3S. The summed E-state index contributed by atoms with van der Waals surface area (Å²) in [5.74, 6) is 6.27. The molecule has 0 saturated carbocycles. The average molecular weight is 518 g/mol. The molecule has 0 saturated heterocycles. The summed E-state index contributed by atoms with van der Waals surface area (Å²) >= 11 is 0. The van der Waals surface area contributed by atoms with Gasteiger partial charge in [0.15, 0.2) is 0 Å². The summed E-state index contributed by atoms with van der Waals surface area (Å²) in [5.41, 5.74) is 3.67. The van der Waals surface area contributed by atoms with E-state index in [0.717, 1.165) is 29.0 Å². The largest absolute Gasteiger partial charge is 0.497 e. The maximum absolute atomic E-state index is 12.2. The lowest BCUT2D eigenvalue weighted by Crippen LogP contribution is -2.12. The smallest absolute Gasteiger partial charge is 0.229 e. The average Bonchev–Trinajstić information content (AvgIpc) is 2.90. The minimum absolute atomic E-state index is 0.395. The van der Waals surface area contributed by atoms with Crippen LogP contribution in [-0.2, 0) is 16.1 Å². The molecule has 0 spiro atoms. The number of aromatic nitrogens is 2. The second-order valence-electron chi connectivity index (χ2n) is 8.32. The van der Waals surface area contributed by atoms with Gasteiger partial charge in [-0.2, -0.15) is 4.98 Å². The predicted octanol–water partition coefficient (Wildman–Crippen LogP) is 4.90. The molecule has 1 atom stereocenters. The summed E-state index contributed by atoms with van der Waals surface area (Å²) in [4.78, 5) is 9.72. The maximum Gasteiger partial charge on any atom is 0.229 e. The molecule has 1 unspecified atom stereocenters. The van der Waals surface area contributed by atoms with Crippen molar-refractivity contribution < 1.29 is 13.7 Å². The van der Waals surface area contributed by atoms with Crippen LogP contribution in [0.2, 0.25) is 0 Å². The van der Waals surface area contributed by atoms with Crippen molar-refractivity contribution in [2.75, 3.05) is 30.9 Å². The normalized spacial score (nSPS) is 12.4. The summed E-state index contributed by atoms with van der Waals surface area (Å²) in [6, 6.07) is 22.8. The van der Waals surface area contributed by atoms with Crippen LogP contribution in [0.1, 0.15) is 12.5 Å². The molecule has 37 heavy (non-hydrogen) atoms. The van der Waals surface area contributed by atoms with Crippen LogP contribution in [0.5, 0.6) is 11.5 Å². The summed E-state index contributed by atoms with van der Waals surface area (Å²) in [5, 5.41) is 12.3. The number of methoxy groups -OCH3 is 1. The third-order valence-corrected chi connectivity index (χ3v) is 6.67. The number of nitrogens with two attached hydrogens (primary N) is 1. The first-order valence-corrected chi connectivity index (χ1v) is 13.6. The first-order chi connectivity index (χ1) is 17.9. The van der Waals surface area contributed by atoms with Gasteiger partial charge in [0, 0.05) is 28.9 Å². The summed E-state index contributed by atoms with van der Waals surface area (Å²) in [6.07, 6.45) is 2.58. The Morgan fingerprint density at radius 2 is 1.76 bits per heavy atom. The van der Waals surface area contributed by atoms with Gasteiger partial charge in [-0.3, -0.25) is 5.14 Å². The first-order valence-electron chi connectivity index (χ1n) is 11.8. The van der Waals surface area contributed by atoms with Crippen LogP contribution in [-0.4, -0.2) is 40.3 Å². The fourth-order valence-corrected chi connectivity index (χ4v) is 4.36. The molecule has 4 N–H and O–H groups in total. The maximum atomic E-state index is 12.2. The SMILES string of the molecule is C=S(N)(=O)c1cccc(Nc2ncc(-c3ccc(OCC)cc3)c(NCCc3ccc(OC)cc3)n2)c1. The molecular weight excluding hydrogens is 486 g/mol. The number of hydrogen-bond donors (Lipinski definition) is 3. The quantitative estimate of drug-likeness (QED) is 0.243. The van der Waals surface area contributed by atoms with Crippen LogP contribution in [0.15, 0.2) is 83.9 Å². The van der Waals surface area contributed by atoms with Crippen molar-refractivity contribution in [3.63, 3.8) is 0 Å². The number of ether oxygens (including phenoxy) is 2. The minimum Gasteiger partial charge on any atom is -0.497 e. The Labute approximate surface area is 218 Å². The molecule has 0 fully saturated rings. The molecule has 192 valence electrons. The first kappa shape index (κ1) is 26.0. The number of hydrogen-bond acceptors (Lipinski definition) is 7. The lowest BCUT2D eigenvalue weighted by atomic mass is 10.1. The van der Waals surface area contributed by atoms with Gasteiger partial charge >= 0.3 is 0 Å². The zero-order valence-electron chi connectivity index (χ0n) is 20.9. The molecule has 0 aliphatic carbocycles. The molecule has 0 radical (unpaired) electrons. The molecule has 1 aromatic heterocycles. The second kappa shape index (κ2) is 11.8. The number of nitrogens with zero attached hydrogens (tertiary/aromatic N) is 2. The molecule has 0 aliphatic rings. The second-order valence-corrected chi connectivity index (χ2v) is 10.2. The molecule has 0 aliphatic heterocycles. The van der Waals surface area contributed by atoms with Gasteiger partial charge in [-0.15, -0.1) is 0 Å². The zero-order chi connectivity index (χ0) is 26.3. The van der Waals surface area contributed by atoms with E-state index < -0.39 is 9.71 Å². The van der Waals surface area contributed by atoms with Crippen molar-refractivity contribution in [2.45, 2.75) is 18.2 Å². The van der Waals surface area contributed by atoms with Crippen LogP contribution in [0.25, 0.3) is 11.1 Å². The van der Waals surface area contributed by atoms with Gasteiger partial charge in [-0.25, -0.2) is 9.19 Å². The molecule has 0 amide bonds. The fraction of sp³-hybridized carbons (Fsp3) is 0.179. The van der Waals surface area contributed by atoms with E-state index in [9.17, 15) is 4.21 Å². The van der Waals surface area contributed by atoms with E-state index in [4.69, 9.17) is 19.6 Å². The summed E-state index contributed by atoms with van der Waals surface area (Å²) in [6.45, 7) is 3.23. The van der Waals surface area contributed by atoms with E-state index in [-0.39, 0.29) is 0 Å². The van der Waals surface area contributed by atoms with Gasteiger partial charge in [-0.1, -0.05) is 30.3 Å². The van der Waals surface area contributed by atoms with E-state index in [1.165, 1.54) is 5.56 Å². The van der Waals surface area contributed by atoms with E-state index in [0.29, 0.717) is 35.5 Å². The van der Waals surface area contributed by atoms with E-state index in [1.807, 2.05) is 61.5 Å². The molecule has 3 aromatic carbocycles. The van der Waals surface area contributed by atoms with Gasteiger partial charge in [0.05, 0.1) is 23.4 Å². The van der Waals surface area contributed by atoms with Gasteiger partial charge in [-0.05, 0) is 72.8 Å². The highest BCUT2D eigenvalue weighted by Crippen LogP contribution is 2.29. The Kier molecular flexibility index (Phi) is 8.27. The lowest BCUT2D eigenvalue weighted by molar-refractivity contribution is 0.340. The Bertz CT molecular complexity index is 1440. The van der Waals surface area contributed by atoms with E-state index in [2.05, 4.69) is 21.5 Å². The van der Waals surface area contributed by atoms with Gasteiger partial charge in [0.1, 0.15) is 17.3 Å². The van der Waals surface area contributed by atoms with E-state index >= 15 is 0 Å². The standard InChI is InChI=1S/C28H31N5O3S/c1-4-36-24-14-10-21(11-15-24)26-19-31-28(32-22-6-5-7-25(18-22)37(3,29)34)33-27(26)30-17-16-20-8-12-23(35-2)13-9-20/h5-15,18-19H,3-4,16-17H2,1-2H3,(H2,29,34)(H2,30,31,32,33). The van der Waals surface area contributed by atoms with Crippen LogP contribution in [0.4, 0.5) is 17.5 Å². The molecule has 1 heterocycles. The third kappa shape index (κ3) is 6.99. The fourth-order valence-electron chi connectivity index (χ4n) is 3.72. The topological polar surface area (TPSA) is 111 Å². The highest BCUT2D eigenvalue weighted by atomic mass is 32.2. The number of rotatable bonds is 11. The van der Waals surface area contributed by atoms with Crippen molar-refractivity contribution in [3.8, 4) is 22.6 Å².